The third kappa shape index (κ3) is 2.82. The van der Waals surface area contributed by atoms with Crippen LogP contribution in [0.25, 0.3) is 27.7 Å². The first-order valence-electron chi connectivity index (χ1n) is 8.49. The minimum Gasteiger partial charge on any atom is -0.345 e. The highest BCUT2D eigenvalue weighted by molar-refractivity contribution is 5.96. The molecular weight excluding hydrogens is 312 g/mol. The van der Waals surface area contributed by atoms with E-state index in [9.17, 15) is 4.79 Å². The molecule has 0 unspecified atom stereocenters. The molecule has 126 valence electrons. The maximum atomic E-state index is 12.2. The third-order valence-electron chi connectivity index (χ3n) is 4.61. The topological polar surface area (TPSA) is 61.9 Å². The van der Waals surface area contributed by atoms with Crippen LogP contribution in [0.1, 0.15) is 35.3 Å². The highest BCUT2D eigenvalue weighted by Gasteiger charge is 2.16. The number of aromatic amines is 1. The zero-order chi connectivity index (χ0) is 17.4. The Kier molecular flexibility index (Phi) is 3.84. The molecule has 2 heterocycles. The number of benzene rings is 1. The molecule has 3 aromatic rings. The van der Waals surface area contributed by atoms with Crippen LogP contribution in [-0.2, 0) is 0 Å². The molecular formula is C20H20N4O. The number of nitrogens with zero attached hydrogens (tertiary/aromatic N) is 3. The number of nitrogens with one attached hydrogen (secondary N) is 1. The molecule has 5 nitrogen and oxygen atoms in total. The number of amides is 1. The highest BCUT2D eigenvalue weighted by Crippen LogP contribution is 2.32. The summed E-state index contributed by atoms with van der Waals surface area (Å²) in [5, 5.41) is 8.53. The van der Waals surface area contributed by atoms with Crippen molar-refractivity contribution in [3.05, 3.63) is 53.9 Å². The van der Waals surface area contributed by atoms with E-state index in [0.29, 0.717) is 5.56 Å². The van der Waals surface area contributed by atoms with Crippen molar-refractivity contribution >= 4 is 22.5 Å². The molecule has 1 N–H and O–H groups in total. The largest absolute Gasteiger partial charge is 0.345 e. The molecule has 0 bridgehead atoms. The quantitative estimate of drug-likeness (QED) is 0.791. The average Bonchev–Trinajstić information content (AvgIpc) is 3.29. The maximum Gasteiger partial charge on any atom is 0.253 e. The van der Waals surface area contributed by atoms with Gasteiger partial charge in [-0.2, -0.15) is 5.10 Å². The number of fused-ring (bicyclic) bond motifs is 1. The molecule has 0 aliphatic heterocycles. The molecule has 25 heavy (non-hydrogen) atoms. The van der Waals surface area contributed by atoms with Crippen LogP contribution in [0.2, 0.25) is 0 Å². The van der Waals surface area contributed by atoms with Crippen molar-refractivity contribution in [2.75, 3.05) is 14.1 Å². The summed E-state index contributed by atoms with van der Waals surface area (Å²) < 4.78 is 0. The van der Waals surface area contributed by atoms with Crippen molar-refractivity contribution < 1.29 is 4.79 Å². The van der Waals surface area contributed by atoms with Crippen molar-refractivity contribution in [2.24, 2.45) is 0 Å². The van der Waals surface area contributed by atoms with Crippen LogP contribution in [0.3, 0.4) is 0 Å². The predicted octanol–water partition coefficient (Wildman–Crippen LogP) is 3.89. The van der Waals surface area contributed by atoms with Gasteiger partial charge in [-0.25, -0.2) is 4.98 Å². The van der Waals surface area contributed by atoms with Gasteiger partial charge in [0.25, 0.3) is 5.91 Å². The summed E-state index contributed by atoms with van der Waals surface area (Å²) in [6.07, 6.45) is 7.46. The van der Waals surface area contributed by atoms with Gasteiger partial charge in [-0.3, -0.25) is 9.89 Å². The van der Waals surface area contributed by atoms with Gasteiger partial charge in [-0.05, 0) is 48.6 Å². The Bertz CT molecular complexity index is 984. The summed E-state index contributed by atoms with van der Waals surface area (Å²) in [6.45, 7) is 0. The molecule has 0 saturated carbocycles. The number of allylic oxidation sites excluding steroid dienone is 2. The van der Waals surface area contributed by atoms with Crippen LogP contribution in [0, 0.1) is 0 Å². The van der Waals surface area contributed by atoms with E-state index in [1.54, 1.807) is 19.0 Å². The van der Waals surface area contributed by atoms with Gasteiger partial charge in [0, 0.05) is 36.8 Å². The number of rotatable bonds is 3. The second kappa shape index (κ2) is 6.16. The molecule has 0 spiro atoms. The molecule has 0 fully saturated rings. The molecule has 5 heteroatoms. The van der Waals surface area contributed by atoms with Crippen LogP contribution < -0.4 is 0 Å². The van der Waals surface area contributed by atoms with Gasteiger partial charge < -0.3 is 4.90 Å². The van der Waals surface area contributed by atoms with Gasteiger partial charge in [0.05, 0.1) is 5.69 Å². The fraction of sp³-hybridized carbons (Fsp3) is 0.250. The third-order valence-corrected chi connectivity index (χ3v) is 4.61. The van der Waals surface area contributed by atoms with Gasteiger partial charge in [0.2, 0.25) is 0 Å². The van der Waals surface area contributed by atoms with Gasteiger partial charge in [0.1, 0.15) is 0 Å². The van der Waals surface area contributed by atoms with Crippen LogP contribution in [0.5, 0.6) is 0 Å². The second-order valence-corrected chi connectivity index (χ2v) is 6.59. The minimum atomic E-state index is -0.00371. The van der Waals surface area contributed by atoms with E-state index in [1.165, 1.54) is 12.0 Å². The number of aromatic nitrogens is 3. The SMILES string of the molecule is CN(C)C(=O)c1cccc(-c2cnc3[nH]nc(C4=CCCC4)c3c2)c1. The number of carbonyl (C=O) groups is 1. The molecule has 1 aromatic carbocycles. The lowest BCUT2D eigenvalue weighted by Gasteiger charge is -2.11. The van der Waals surface area contributed by atoms with Crippen molar-refractivity contribution in [1.82, 2.24) is 20.1 Å². The summed E-state index contributed by atoms with van der Waals surface area (Å²) in [7, 11) is 3.52. The number of pyridine rings is 1. The van der Waals surface area contributed by atoms with Crippen molar-refractivity contribution in [1.29, 1.82) is 0 Å². The van der Waals surface area contributed by atoms with Crippen LogP contribution in [0.4, 0.5) is 0 Å². The first kappa shape index (κ1) is 15.6. The van der Waals surface area contributed by atoms with E-state index in [1.807, 2.05) is 30.5 Å². The van der Waals surface area contributed by atoms with Crippen molar-refractivity contribution in [3.63, 3.8) is 0 Å². The Labute approximate surface area is 146 Å². The summed E-state index contributed by atoms with van der Waals surface area (Å²) in [4.78, 5) is 18.3. The van der Waals surface area contributed by atoms with Gasteiger partial charge >= 0.3 is 0 Å². The maximum absolute atomic E-state index is 12.2. The molecule has 1 aliphatic carbocycles. The lowest BCUT2D eigenvalue weighted by atomic mass is 10.0. The minimum absolute atomic E-state index is 0.00371. The fourth-order valence-electron chi connectivity index (χ4n) is 3.28. The standard InChI is InChI=1S/C20H20N4O/c1-24(2)20(25)15-9-5-8-14(10-15)16-11-17-18(13-6-3-4-7-13)22-23-19(17)21-12-16/h5-6,8-12H,3-4,7H2,1-2H3,(H,21,22,23). The summed E-state index contributed by atoms with van der Waals surface area (Å²) in [5.41, 5.74) is 5.74. The molecule has 0 saturated heterocycles. The Morgan fingerprint density at radius 3 is 2.84 bits per heavy atom. The predicted molar refractivity (Wildman–Crippen MR) is 99.2 cm³/mol. The Morgan fingerprint density at radius 2 is 2.08 bits per heavy atom. The van der Waals surface area contributed by atoms with E-state index in [4.69, 9.17) is 0 Å². The molecule has 4 rings (SSSR count). The summed E-state index contributed by atoms with van der Waals surface area (Å²) in [6, 6.07) is 9.78. The summed E-state index contributed by atoms with van der Waals surface area (Å²) >= 11 is 0. The zero-order valence-electron chi connectivity index (χ0n) is 14.4. The first-order valence-corrected chi connectivity index (χ1v) is 8.49. The van der Waals surface area contributed by atoms with Crippen molar-refractivity contribution in [2.45, 2.75) is 19.3 Å². The van der Waals surface area contributed by atoms with E-state index in [0.717, 1.165) is 40.7 Å². The van der Waals surface area contributed by atoms with Gasteiger partial charge in [-0.1, -0.05) is 18.2 Å². The Balaban J connectivity index is 1.78. The van der Waals surface area contributed by atoms with Crippen LogP contribution in [-0.4, -0.2) is 40.1 Å². The Morgan fingerprint density at radius 1 is 1.20 bits per heavy atom. The molecule has 0 atom stereocenters. The van der Waals surface area contributed by atoms with Crippen LogP contribution in [0.15, 0.2) is 42.6 Å². The monoisotopic (exact) mass is 332 g/mol. The zero-order valence-corrected chi connectivity index (χ0v) is 14.4. The van der Waals surface area contributed by atoms with Crippen LogP contribution >= 0.6 is 0 Å². The van der Waals surface area contributed by atoms with Crippen molar-refractivity contribution in [3.8, 4) is 11.1 Å². The second-order valence-electron chi connectivity index (χ2n) is 6.59. The van der Waals surface area contributed by atoms with Gasteiger partial charge in [0.15, 0.2) is 5.65 Å². The smallest absolute Gasteiger partial charge is 0.253 e. The van der Waals surface area contributed by atoms with Gasteiger partial charge in [-0.15, -0.1) is 0 Å². The molecule has 1 aliphatic rings. The number of hydrogen-bond acceptors (Lipinski definition) is 3. The Hall–Kier alpha value is -2.95. The van der Waals surface area contributed by atoms with E-state index < -0.39 is 0 Å². The number of carbonyl (C=O) groups excluding carboxylic acids is 1. The first-order chi connectivity index (χ1) is 12.1. The molecule has 2 aromatic heterocycles. The molecule has 1 amide bonds. The summed E-state index contributed by atoms with van der Waals surface area (Å²) in [5.74, 6) is -0.00371. The highest BCUT2D eigenvalue weighted by atomic mass is 16.2. The lowest BCUT2D eigenvalue weighted by Crippen LogP contribution is -2.21. The fourth-order valence-corrected chi connectivity index (χ4v) is 3.28. The lowest BCUT2D eigenvalue weighted by molar-refractivity contribution is 0.0827. The number of H-pyrrole nitrogens is 1. The normalized spacial score (nSPS) is 13.9. The van der Waals surface area contributed by atoms with E-state index in [-0.39, 0.29) is 5.91 Å². The van der Waals surface area contributed by atoms with E-state index in [2.05, 4.69) is 27.3 Å². The number of hydrogen-bond donors (Lipinski definition) is 1. The molecule has 0 radical (unpaired) electrons. The average molecular weight is 332 g/mol. The van der Waals surface area contributed by atoms with E-state index >= 15 is 0 Å².